The molecule has 5 atom stereocenters. The lowest BCUT2D eigenvalue weighted by molar-refractivity contribution is -0.195. The fourth-order valence-corrected chi connectivity index (χ4v) is 9.18. The third kappa shape index (κ3) is 15.0. The van der Waals surface area contributed by atoms with Gasteiger partial charge in [0.15, 0.2) is 11.6 Å². The number of phosphoric acid groups is 1. The summed E-state index contributed by atoms with van der Waals surface area (Å²) < 4.78 is 57.5. The summed E-state index contributed by atoms with van der Waals surface area (Å²) >= 11 is 0. The van der Waals surface area contributed by atoms with Crippen LogP contribution in [0.25, 0.3) is 5.52 Å². The lowest BCUT2D eigenvalue weighted by atomic mass is 9.96. The van der Waals surface area contributed by atoms with Crippen LogP contribution in [0.2, 0.25) is 0 Å². The Morgan fingerprint density at radius 2 is 1.59 bits per heavy atom. The first-order valence-electron chi connectivity index (χ1n) is 22.9. The van der Waals surface area contributed by atoms with Crippen LogP contribution in [0.1, 0.15) is 173 Å². The van der Waals surface area contributed by atoms with E-state index in [-0.39, 0.29) is 32.5 Å². The van der Waals surface area contributed by atoms with E-state index in [1.54, 1.807) is 30.5 Å². The molecule has 2 aromatic heterocycles. The molecule has 5 rings (SSSR count). The second-order valence-corrected chi connectivity index (χ2v) is 19.0. The van der Waals surface area contributed by atoms with Gasteiger partial charge in [-0.15, -0.1) is 0 Å². The van der Waals surface area contributed by atoms with Gasteiger partial charge in [0.1, 0.15) is 41.5 Å². The molecule has 2 aliphatic rings. The van der Waals surface area contributed by atoms with Gasteiger partial charge >= 0.3 is 7.82 Å². The summed E-state index contributed by atoms with van der Waals surface area (Å²) in [5.41, 5.74) is 7.43. The summed E-state index contributed by atoms with van der Waals surface area (Å²) in [6.07, 6.45) is 21.9. The molecule has 61 heavy (non-hydrogen) atoms. The minimum Gasteiger partial charge on any atom is -0.490 e. The maximum atomic E-state index is 13.5. The number of benzene rings is 1. The van der Waals surface area contributed by atoms with E-state index in [1.807, 2.05) is 32.0 Å². The molecule has 3 N–H and O–H groups in total. The van der Waals surface area contributed by atoms with E-state index in [4.69, 9.17) is 38.5 Å². The summed E-state index contributed by atoms with van der Waals surface area (Å²) in [6.45, 7) is 9.42. The van der Waals surface area contributed by atoms with Crippen molar-refractivity contribution in [2.45, 2.75) is 193 Å². The Bertz CT molecular complexity index is 1870. The van der Waals surface area contributed by atoms with E-state index in [9.17, 15) is 14.7 Å². The van der Waals surface area contributed by atoms with E-state index < -0.39 is 37.5 Å². The highest BCUT2D eigenvalue weighted by molar-refractivity contribution is 7.47. The number of nitrogen functional groups attached to an aromatic ring is 1. The van der Waals surface area contributed by atoms with Gasteiger partial charge < -0.3 is 34.3 Å². The lowest BCUT2D eigenvalue weighted by Gasteiger charge is -2.27. The van der Waals surface area contributed by atoms with Gasteiger partial charge in [-0.3, -0.25) is 9.05 Å². The standard InChI is InChI=1S/C46H72N5O9P/c1-6-7-8-9-10-11-12-13-14-15-16-17-18-19-20-21-22-23-38(54-30-36-24-25-37(29-47)41(28-36)58-35(2)3)31-56-61(52,53)57-33-46-32-55-42(43(46)59-45(4,5)60-46)39-26-27-40-44(48)49-34-50-51(39)40/h24-28,34-35,38,42-43H,6-23,30-33H2,1-5H3,(H,52,53)(H2,48,49,50)/t38-,42+,43+,46-/m1/s1. The van der Waals surface area contributed by atoms with Gasteiger partial charge in [0.2, 0.25) is 0 Å². The molecule has 2 aliphatic heterocycles. The fraction of sp³-hybridized carbons (Fsp3) is 0.717. The zero-order valence-electron chi connectivity index (χ0n) is 37.4. The molecule has 15 heteroatoms. The van der Waals surface area contributed by atoms with Crippen LogP contribution in [0.5, 0.6) is 5.75 Å². The molecule has 3 aromatic rings. The number of aromatic nitrogens is 3. The normalized spacial score (nSPS) is 21.1. The molecular weight excluding hydrogens is 798 g/mol. The molecule has 0 radical (unpaired) electrons. The van der Waals surface area contributed by atoms with Gasteiger partial charge in [-0.1, -0.05) is 122 Å². The van der Waals surface area contributed by atoms with Gasteiger partial charge in [0, 0.05) is 0 Å². The van der Waals surface area contributed by atoms with Crippen molar-refractivity contribution in [2.75, 3.05) is 25.6 Å². The van der Waals surface area contributed by atoms with E-state index in [0.717, 1.165) is 24.8 Å². The van der Waals surface area contributed by atoms with Crippen LogP contribution in [0.4, 0.5) is 5.82 Å². The highest BCUT2D eigenvalue weighted by atomic mass is 31.2. The average Bonchev–Trinajstić information content (AvgIpc) is 3.88. The maximum absolute atomic E-state index is 13.5. The highest BCUT2D eigenvalue weighted by Gasteiger charge is 2.62. The maximum Gasteiger partial charge on any atom is 0.472 e. The van der Waals surface area contributed by atoms with Crippen molar-refractivity contribution in [1.29, 1.82) is 5.26 Å². The number of phosphoric ester groups is 1. The Hall–Kier alpha value is -3.12. The predicted octanol–water partition coefficient (Wildman–Crippen LogP) is 10.7. The monoisotopic (exact) mass is 870 g/mol. The summed E-state index contributed by atoms with van der Waals surface area (Å²) in [5.74, 6) is -0.202. The largest absolute Gasteiger partial charge is 0.490 e. The second-order valence-electron chi connectivity index (χ2n) is 17.6. The highest BCUT2D eigenvalue weighted by Crippen LogP contribution is 2.52. The first-order valence-corrected chi connectivity index (χ1v) is 24.4. The van der Waals surface area contributed by atoms with Crippen molar-refractivity contribution >= 4 is 19.2 Å². The quantitative estimate of drug-likeness (QED) is 0.0477. The lowest BCUT2D eigenvalue weighted by Crippen LogP contribution is -2.44. The molecule has 14 nitrogen and oxygen atoms in total. The number of hydrogen-bond donors (Lipinski definition) is 2. The zero-order chi connectivity index (χ0) is 43.7. The number of rotatable bonds is 30. The topological polar surface area (TPSA) is 182 Å². The Morgan fingerprint density at radius 3 is 2.21 bits per heavy atom. The number of ether oxygens (including phenoxy) is 5. The molecule has 0 saturated carbocycles. The number of nitrogens with zero attached hydrogens (tertiary/aromatic N) is 4. The summed E-state index contributed by atoms with van der Waals surface area (Å²) in [5, 5.41) is 13.9. The minimum absolute atomic E-state index is 0.0394. The Labute approximate surface area is 363 Å². The first-order chi connectivity index (χ1) is 29.4. The van der Waals surface area contributed by atoms with E-state index in [0.29, 0.717) is 34.8 Å². The molecule has 0 spiro atoms. The van der Waals surface area contributed by atoms with Crippen molar-refractivity contribution in [1.82, 2.24) is 14.6 Å². The molecule has 0 amide bonds. The Kier molecular flexibility index (Phi) is 19.3. The van der Waals surface area contributed by atoms with Crippen molar-refractivity contribution in [2.24, 2.45) is 0 Å². The molecule has 2 saturated heterocycles. The Morgan fingerprint density at radius 1 is 0.951 bits per heavy atom. The van der Waals surface area contributed by atoms with Crippen molar-refractivity contribution in [3.05, 3.63) is 53.5 Å². The minimum atomic E-state index is -4.60. The molecule has 1 aromatic carbocycles. The predicted molar refractivity (Wildman–Crippen MR) is 235 cm³/mol. The zero-order valence-corrected chi connectivity index (χ0v) is 38.3. The van der Waals surface area contributed by atoms with Gasteiger partial charge in [0.05, 0.1) is 49.9 Å². The average molecular weight is 870 g/mol. The molecule has 0 bridgehead atoms. The summed E-state index contributed by atoms with van der Waals surface area (Å²) in [7, 11) is -4.60. The fourth-order valence-electron chi connectivity index (χ4n) is 8.37. The molecule has 2 fully saturated rings. The number of anilines is 1. The van der Waals surface area contributed by atoms with Crippen molar-refractivity contribution < 1.29 is 42.2 Å². The van der Waals surface area contributed by atoms with Gasteiger partial charge in [-0.25, -0.2) is 14.1 Å². The van der Waals surface area contributed by atoms with Crippen LogP contribution in [-0.2, 0) is 39.2 Å². The van der Waals surface area contributed by atoms with E-state index >= 15 is 0 Å². The number of nitriles is 1. The van der Waals surface area contributed by atoms with Gasteiger partial charge in [-0.2, -0.15) is 10.4 Å². The van der Waals surface area contributed by atoms with Crippen LogP contribution in [0.15, 0.2) is 36.7 Å². The molecular formula is C46H72N5O9P. The smallest absolute Gasteiger partial charge is 0.472 e. The van der Waals surface area contributed by atoms with E-state index in [2.05, 4.69) is 23.1 Å². The number of fused-ring (bicyclic) bond motifs is 2. The number of hydrogen-bond acceptors (Lipinski definition) is 12. The molecule has 1 unspecified atom stereocenters. The van der Waals surface area contributed by atoms with Crippen molar-refractivity contribution in [3.8, 4) is 11.8 Å². The summed E-state index contributed by atoms with van der Waals surface area (Å²) in [6, 6.07) is 11.2. The number of nitrogens with two attached hydrogens (primary N) is 1. The van der Waals surface area contributed by atoms with E-state index in [1.165, 1.54) is 96.2 Å². The van der Waals surface area contributed by atoms with Gasteiger partial charge in [0.25, 0.3) is 0 Å². The SMILES string of the molecule is CCCCCCCCCCCCCCCCCCC[C@H](COP(=O)(O)OC[C@]12CO[C@@H](c3ccc4c(N)ncnn34)[C@@H]1OC(C)(C)O2)OCc1ccc(C#N)c(OC(C)C)c1. The molecule has 340 valence electrons. The Balaban J connectivity index is 1.10. The summed E-state index contributed by atoms with van der Waals surface area (Å²) in [4.78, 5) is 15.1. The van der Waals surface area contributed by atoms with Crippen LogP contribution >= 0.6 is 7.82 Å². The van der Waals surface area contributed by atoms with Crippen LogP contribution < -0.4 is 10.5 Å². The third-order valence-corrected chi connectivity index (χ3v) is 12.4. The molecule has 4 heterocycles. The van der Waals surface area contributed by atoms with Crippen LogP contribution in [0, 0.1) is 11.3 Å². The third-order valence-electron chi connectivity index (χ3n) is 11.5. The number of unbranched alkanes of at least 4 members (excludes halogenated alkanes) is 16. The van der Waals surface area contributed by atoms with Crippen LogP contribution in [-0.4, -0.2) is 69.0 Å². The molecule has 0 aliphatic carbocycles. The van der Waals surface area contributed by atoms with Crippen LogP contribution in [0.3, 0.4) is 0 Å². The second kappa shape index (κ2) is 24.1. The van der Waals surface area contributed by atoms with Gasteiger partial charge in [-0.05, 0) is 63.9 Å². The first kappa shape index (κ1) is 48.9. The van der Waals surface area contributed by atoms with Crippen molar-refractivity contribution in [3.63, 3.8) is 0 Å².